The Labute approximate surface area is 118 Å². The third-order valence-electron chi connectivity index (χ3n) is 3.59. The van der Waals surface area contributed by atoms with E-state index in [9.17, 15) is 9.90 Å². The van der Waals surface area contributed by atoms with E-state index in [1.807, 2.05) is 5.38 Å². The van der Waals surface area contributed by atoms with Crippen molar-refractivity contribution in [2.45, 2.75) is 51.6 Å². The fourth-order valence-electron chi connectivity index (χ4n) is 2.53. The van der Waals surface area contributed by atoms with Crippen LogP contribution in [-0.2, 0) is 17.6 Å². The van der Waals surface area contributed by atoms with Gasteiger partial charge in [0.1, 0.15) is 0 Å². The van der Waals surface area contributed by atoms with Gasteiger partial charge in [-0.1, -0.05) is 13.3 Å². The lowest BCUT2D eigenvalue weighted by Gasteiger charge is -2.25. The second-order valence-electron chi connectivity index (χ2n) is 5.25. The lowest BCUT2D eigenvalue weighted by molar-refractivity contribution is -0.120. The Hall–Kier alpha value is -0.940. The molecule has 2 atom stereocenters. The molecule has 0 aromatic carbocycles. The highest BCUT2D eigenvalue weighted by atomic mass is 32.1. The number of aliphatic hydroxyl groups is 1. The number of carbonyl (C=O) groups excluding carboxylic acids is 1. The summed E-state index contributed by atoms with van der Waals surface area (Å²) >= 11 is 1.61. The molecule has 1 fully saturated rings. The molecule has 1 aromatic heterocycles. The van der Waals surface area contributed by atoms with Crippen molar-refractivity contribution in [3.8, 4) is 0 Å². The fraction of sp³-hybridized carbons (Fsp3) is 0.714. The van der Waals surface area contributed by atoms with Crippen molar-refractivity contribution in [1.82, 2.24) is 10.3 Å². The lowest BCUT2D eigenvalue weighted by Crippen LogP contribution is -2.33. The van der Waals surface area contributed by atoms with Crippen LogP contribution in [0.15, 0.2) is 5.38 Å². The lowest BCUT2D eigenvalue weighted by atomic mass is 9.87. The van der Waals surface area contributed by atoms with E-state index >= 15 is 0 Å². The summed E-state index contributed by atoms with van der Waals surface area (Å²) in [4.78, 5) is 16.2. The maximum Gasteiger partial charge on any atom is 0.226 e. The Morgan fingerprint density at radius 3 is 3.11 bits per heavy atom. The second kappa shape index (κ2) is 7.01. The monoisotopic (exact) mass is 282 g/mol. The quantitative estimate of drug-likeness (QED) is 0.867. The summed E-state index contributed by atoms with van der Waals surface area (Å²) in [5, 5.41) is 15.6. The van der Waals surface area contributed by atoms with Gasteiger partial charge in [-0.05, 0) is 31.6 Å². The minimum absolute atomic E-state index is 0.0352. The third kappa shape index (κ3) is 4.58. The number of rotatable bonds is 5. The first-order valence-corrected chi connectivity index (χ1v) is 7.93. The van der Waals surface area contributed by atoms with Gasteiger partial charge in [0.2, 0.25) is 5.91 Å². The van der Waals surface area contributed by atoms with Crippen molar-refractivity contribution in [3.05, 3.63) is 16.1 Å². The minimum Gasteiger partial charge on any atom is -0.393 e. The zero-order chi connectivity index (χ0) is 13.7. The molecule has 0 aliphatic heterocycles. The van der Waals surface area contributed by atoms with Crippen molar-refractivity contribution in [1.29, 1.82) is 0 Å². The Morgan fingerprint density at radius 2 is 2.42 bits per heavy atom. The van der Waals surface area contributed by atoms with Gasteiger partial charge in [0, 0.05) is 11.9 Å². The molecule has 19 heavy (non-hydrogen) atoms. The van der Waals surface area contributed by atoms with Crippen LogP contribution in [-0.4, -0.2) is 28.6 Å². The highest BCUT2D eigenvalue weighted by molar-refractivity contribution is 7.09. The van der Waals surface area contributed by atoms with Crippen molar-refractivity contribution >= 4 is 17.2 Å². The van der Waals surface area contributed by atoms with Gasteiger partial charge in [-0.25, -0.2) is 4.98 Å². The number of carbonyl (C=O) groups is 1. The summed E-state index contributed by atoms with van der Waals surface area (Å²) < 4.78 is 0. The van der Waals surface area contributed by atoms with Crippen LogP contribution in [0.1, 0.15) is 43.3 Å². The van der Waals surface area contributed by atoms with Crippen molar-refractivity contribution < 1.29 is 9.90 Å². The Balaban J connectivity index is 1.72. The first-order chi connectivity index (χ1) is 9.17. The maximum atomic E-state index is 11.8. The molecule has 1 aliphatic rings. The molecule has 1 aromatic rings. The van der Waals surface area contributed by atoms with Crippen LogP contribution in [0.3, 0.4) is 0 Å². The van der Waals surface area contributed by atoms with Crippen molar-refractivity contribution in [2.75, 3.05) is 6.54 Å². The largest absolute Gasteiger partial charge is 0.393 e. The Morgan fingerprint density at radius 1 is 1.58 bits per heavy atom. The van der Waals surface area contributed by atoms with E-state index in [1.165, 1.54) is 0 Å². The number of aliphatic hydroxyl groups excluding tert-OH is 1. The molecule has 2 rings (SSSR count). The summed E-state index contributed by atoms with van der Waals surface area (Å²) in [5.74, 6) is 0.461. The van der Waals surface area contributed by atoms with Crippen LogP contribution < -0.4 is 5.32 Å². The summed E-state index contributed by atoms with van der Waals surface area (Å²) in [6, 6.07) is 0. The van der Waals surface area contributed by atoms with Crippen LogP contribution in [0.25, 0.3) is 0 Å². The SMILES string of the molecule is CCc1nc(CC(=O)NC[C@@H]2CCC[C@H](O)C2)cs1. The average molecular weight is 282 g/mol. The van der Waals surface area contributed by atoms with Gasteiger partial charge in [-0.15, -0.1) is 11.3 Å². The number of aromatic nitrogens is 1. The number of nitrogens with zero attached hydrogens (tertiary/aromatic N) is 1. The van der Waals surface area contributed by atoms with E-state index in [2.05, 4.69) is 17.2 Å². The van der Waals surface area contributed by atoms with Gasteiger partial charge in [-0.2, -0.15) is 0 Å². The summed E-state index contributed by atoms with van der Waals surface area (Å²) in [7, 11) is 0. The Kier molecular flexibility index (Phi) is 5.34. The number of amides is 1. The van der Waals surface area contributed by atoms with Gasteiger partial charge >= 0.3 is 0 Å². The normalized spacial score (nSPS) is 23.3. The molecule has 1 saturated carbocycles. The molecule has 1 amide bonds. The molecule has 0 unspecified atom stereocenters. The maximum absolute atomic E-state index is 11.8. The average Bonchev–Trinajstić information content (AvgIpc) is 2.84. The smallest absolute Gasteiger partial charge is 0.226 e. The van der Waals surface area contributed by atoms with Crippen LogP contribution >= 0.6 is 11.3 Å². The standard InChI is InChI=1S/C14H22N2O2S/c1-2-14-16-11(9-19-14)7-13(18)15-8-10-4-3-5-12(17)6-10/h9-10,12,17H,2-8H2,1H3,(H,15,18)/t10-,12+/m1/s1. The molecule has 1 heterocycles. The molecule has 0 bridgehead atoms. The molecular weight excluding hydrogens is 260 g/mol. The van der Waals surface area contributed by atoms with Crippen LogP contribution in [0.2, 0.25) is 0 Å². The molecule has 5 heteroatoms. The van der Waals surface area contributed by atoms with Gasteiger partial charge < -0.3 is 10.4 Å². The Bertz CT molecular complexity index is 419. The third-order valence-corrected chi connectivity index (χ3v) is 4.63. The highest BCUT2D eigenvalue weighted by Crippen LogP contribution is 2.23. The second-order valence-corrected chi connectivity index (χ2v) is 6.20. The first kappa shape index (κ1) is 14.5. The summed E-state index contributed by atoms with van der Waals surface area (Å²) in [5.41, 5.74) is 0.864. The van der Waals surface area contributed by atoms with Crippen LogP contribution in [0.4, 0.5) is 0 Å². The van der Waals surface area contributed by atoms with E-state index in [1.54, 1.807) is 11.3 Å². The van der Waals surface area contributed by atoms with Crippen molar-refractivity contribution in [3.63, 3.8) is 0 Å². The number of aryl methyl sites for hydroxylation is 1. The number of thiazole rings is 1. The first-order valence-electron chi connectivity index (χ1n) is 7.05. The fourth-order valence-corrected chi connectivity index (χ4v) is 3.27. The molecule has 0 spiro atoms. The number of hydrogen-bond donors (Lipinski definition) is 2. The summed E-state index contributed by atoms with van der Waals surface area (Å²) in [6.45, 7) is 2.75. The van der Waals surface area contributed by atoms with E-state index in [-0.39, 0.29) is 12.0 Å². The molecule has 2 N–H and O–H groups in total. The van der Waals surface area contributed by atoms with E-state index in [0.717, 1.165) is 42.8 Å². The zero-order valence-corrected chi connectivity index (χ0v) is 12.2. The van der Waals surface area contributed by atoms with E-state index in [0.29, 0.717) is 18.9 Å². The van der Waals surface area contributed by atoms with Gasteiger partial charge in [0.05, 0.1) is 23.2 Å². The van der Waals surface area contributed by atoms with Gasteiger partial charge in [0.15, 0.2) is 0 Å². The predicted molar refractivity (Wildman–Crippen MR) is 76.2 cm³/mol. The van der Waals surface area contributed by atoms with Crippen LogP contribution in [0.5, 0.6) is 0 Å². The van der Waals surface area contributed by atoms with Crippen LogP contribution in [0, 0.1) is 5.92 Å². The molecule has 106 valence electrons. The topological polar surface area (TPSA) is 62.2 Å². The van der Waals surface area contributed by atoms with Gasteiger partial charge in [-0.3, -0.25) is 4.79 Å². The minimum atomic E-state index is -0.179. The summed E-state index contributed by atoms with van der Waals surface area (Å²) in [6.07, 6.45) is 5.00. The molecule has 0 radical (unpaired) electrons. The number of hydrogen-bond acceptors (Lipinski definition) is 4. The molecule has 1 aliphatic carbocycles. The zero-order valence-electron chi connectivity index (χ0n) is 11.4. The number of nitrogens with one attached hydrogen (secondary N) is 1. The van der Waals surface area contributed by atoms with E-state index in [4.69, 9.17) is 0 Å². The van der Waals surface area contributed by atoms with E-state index < -0.39 is 0 Å². The van der Waals surface area contributed by atoms with Gasteiger partial charge in [0.25, 0.3) is 0 Å². The molecular formula is C14H22N2O2S. The van der Waals surface area contributed by atoms with Crippen molar-refractivity contribution in [2.24, 2.45) is 5.92 Å². The highest BCUT2D eigenvalue weighted by Gasteiger charge is 2.20. The molecule has 4 nitrogen and oxygen atoms in total. The predicted octanol–water partition coefficient (Wildman–Crippen LogP) is 1.92. The molecule has 0 saturated heterocycles.